The van der Waals surface area contributed by atoms with Crippen molar-refractivity contribution < 1.29 is 9.53 Å². The summed E-state index contributed by atoms with van der Waals surface area (Å²) in [5, 5.41) is 8.45. The first kappa shape index (κ1) is 18.1. The highest BCUT2D eigenvalue weighted by molar-refractivity contribution is 5.78. The van der Waals surface area contributed by atoms with Gasteiger partial charge in [0.25, 0.3) is 0 Å². The van der Waals surface area contributed by atoms with Crippen molar-refractivity contribution in [1.82, 2.24) is 20.0 Å². The van der Waals surface area contributed by atoms with E-state index in [4.69, 9.17) is 4.74 Å². The Labute approximate surface area is 149 Å². The lowest BCUT2D eigenvalue weighted by Crippen LogP contribution is -2.64. The minimum atomic E-state index is -0.241. The molecule has 3 heterocycles. The fraction of sp³-hybridized carbons (Fsp3) is 0.722. The van der Waals surface area contributed by atoms with Crippen LogP contribution in [-0.2, 0) is 9.53 Å². The number of aryl methyl sites for hydroxylation is 1. The smallest absolute Gasteiger partial charge is 0.248 e. The standard InChI is InChI=1S/C18H29N5O2/c1-14-5-6-16(20-19-14)22-9-7-18(8-10-22)15(2)23(12-11-21(3)4)17(24)13-25-18/h5-6,15H,7-13H2,1-4H3/t15-/m1/s1. The molecule has 1 aromatic heterocycles. The van der Waals surface area contributed by atoms with Crippen LogP contribution in [0.2, 0.25) is 0 Å². The van der Waals surface area contributed by atoms with Crippen molar-refractivity contribution in [1.29, 1.82) is 0 Å². The molecule has 2 aliphatic heterocycles. The van der Waals surface area contributed by atoms with E-state index < -0.39 is 0 Å². The van der Waals surface area contributed by atoms with Gasteiger partial charge in [-0.15, -0.1) is 5.10 Å². The summed E-state index contributed by atoms with van der Waals surface area (Å²) in [4.78, 5) is 18.7. The quantitative estimate of drug-likeness (QED) is 0.808. The van der Waals surface area contributed by atoms with Gasteiger partial charge in [-0.1, -0.05) is 0 Å². The molecule has 1 amide bonds. The van der Waals surface area contributed by atoms with Crippen molar-refractivity contribution in [3.8, 4) is 0 Å². The number of carbonyl (C=O) groups excluding carboxylic acids is 1. The first-order valence-corrected chi connectivity index (χ1v) is 9.05. The van der Waals surface area contributed by atoms with Crippen LogP contribution in [0.3, 0.4) is 0 Å². The Morgan fingerprint density at radius 3 is 2.60 bits per heavy atom. The zero-order chi connectivity index (χ0) is 18.0. The van der Waals surface area contributed by atoms with Crippen molar-refractivity contribution in [3.05, 3.63) is 17.8 Å². The number of carbonyl (C=O) groups is 1. The summed E-state index contributed by atoms with van der Waals surface area (Å²) in [5.41, 5.74) is 0.686. The molecule has 0 N–H and O–H groups in total. The van der Waals surface area contributed by atoms with Gasteiger partial charge >= 0.3 is 0 Å². The van der Waals surface area contributed by atoms with E-state index in [1.807, 2.05) is 38.1 Å². The third-order valence-electron chi connectivity index (χ3n) is 5.54. The Morgan fingerprint density at radius 1 is 1.28 bits per heavy atom. The van der Waals surface area contributed by atoms with Crippen LogP contribution in [-0.4, -0.2) is 84.4 Å². The summed E-state index contributed by atoms with van der Waals surface area (Å²) in [7, 11) is 4.07. The molecule has 0 aromatic carbocycles. The van der Waals surface area contributed by atoms with Gasteiger partial charge in [-0.05, 0) is 52.9 Å². The van der Waals surface area contributed by atoms with Crippen LogP contribution in [0.25, 0.3) is 0 Å². The van der Waals surface area contributed by atoms with Crippen molar-refractivity contribution in [3.63, 3.8) is 0 Å². The van der Waals surface area contributed by atoms with Crippen molar-refractivity contribution in [2.75, 3.05) is 51.8 Å². The molecule has 0 saturated carbocycles. The van der Waals surface area contributed by atoms with E-state index in [0.29, 0.717) is 0 Å². The van der Waals surface area contributed by atoms with Gasteiger partial charge in [-0.3, -0.25) is 4.79 Å². The summed E-state index contributed by atoms with van der Waals surface area (Å²) < 4.78 is 6.10. The summed E-state index contributed by atoms with van der Waals surface area (Å²) in [6, 6.07) is 4.12. The molecule has 138 valence electrons. The van der Waals surface area contributed by atoms with E-state index in [2.05, 4.69) is 26.9 Å². The largest absolute Gasteiger partial charge is 0.363 e. The molecule has 1 atom stereocenters. The molecule has 0 aliphatic carbocycles. The normalized spacial score (nSPS) is 23.6. The van der Waals surface area contributed by atoms with Crippen molar-refractivity contribution in [2.45, 2.75) is 38.3 Å². The zero-order valence-electron chi connectivity index (χ0n) is 15.7. The Hall–Kier alpha value is -1.73. The van der Waals surface area contributed by atoms with Crippen LogP contribution in [0.1, 0.15) is 25.5 Å². The first-order chi connectivity index (χ1) is 11.9. The third kappa shape index (κ3) is 3.77. The number of anilines is 1. The molecule has 1 spiro atoms. The van der Waals surface area contributed by atoms with E-state index in [-0.39, 0.29) is 24.2 Å². The average molecular weight is 347 g/mol. The molecule has 7 heteroatoms. The number of ether oxygens (including phenoxy) is 1. The van der Waals surface area contributed by atoms with Gasteiger partial charge in [0.2, 0.25) is 5.91 Å². The molecule has 0 bridgehead atoms. The number of morpholine rings is 1. The number of likely N-dealkylation sites (N-methyl/N-ethyl adjacent to an activating group) is 1. The highest BCUT2D eigenvalue weighted by Crippen LogP contribution is 2.36. The highest BCUT2D eigenvalue weighted by Gasteiger charge is 2.47. The zero-order valence-corrected chi connectivity index (χ0v) is 15.7. The molecule has 25 heavy (non-hydrogen) atoms. The molecule has 0 radical (unpaired) electrons. The summed E-state index contributed by atoms with van der Waals surface area (Å²) in [6.07, 6.45) is 1.80. The molecular weight excluding hydrogens is 318 g/mol. The molecule has 7 nitrogen and oxygen atoms in total. The Kier molecular flexibility index (Phi) is 5.24. The summed E-state index contributed by atoms with van der Waals surface area (Å²) in [5.74, 6) is 1.02. The fourth-order valence-corrected chi connectivity index (χ4v) is 3.77. The number of aromatic nitrogens is 2. The fourth-order valence-electron chi connectivity index (χ4n) is 3.77. The van der Waals surface area contributed by atoms with Crippen LogP contribution in [0.15, 0.2) is 12.1 Å². The molecule has 3 rings (SSSR count). The van der Waals surface area contributed by atoms with Crippen LogP contribution in [0, 0.1) is 6.92 Å². The third-order valence-corrected chi connectivity index (χ3v) is 5.54. The van der Waals surface area contributed by atoms with Crippen molar-refractivity contribution >= 4 is 11.7 Å². The maximum absolute atomic E-state index is 12.3. The molecule has 1 aromatic rings. The minimum Gasteiger partial charge on any atom is -0.363 e. The predicted octanol–water partition coefficient (Wildman–Crippen LogP) is 0.933. The highest BCUT2D eigenvalue weighted by atomic mass is 16.5. The van der Waals surface area contributed by atoms with Crippen LogP contribution >= 0.6 is 0 Å². The SMILES string of the molecule is Cc1ccc(N2CCC3(CC2)OCC(=O)N(CCN(C)C)[C@@H]3C)nn1. The summed E-state index contributed by atoms with van der Waals surface area (Å²) >= 11 is 0. The molecule has 2 aliphatic rings. The maximum atomic E-state index is 12.3. The monoisotopic (exact) mass is 347 g/mol. The maximum Gasteiger partial charge on any atom is 0.248 e. The van der Waals surface area contributed by atoms with Crippen LogP contribution < -0.4 is 4.90 Å². The molecule has 2 fully saturated rings. The van der Waals surface area contributed by atoms with Gasteiger partial charge in [-0.25, -0.2) is 0 Å². The Bertz CT molecular complexity index is 596. The van der Waals surface area contributed by atoms with Gasteiger partial charge in [0.05, 0.1) is 17.3 Å². The minimum absolute atomic E-state index is 0.0972. The van der Waals surface area contributed by atoms with E-state index in [1.54, 1.807) is 0 Å². The number of hydrogen-bond donors (Lipinski definition) is 0. The average Bonchev–Trinajstić information content (AvgIpc) is 2.60. The summed E-state index contributed by atoms with van der Waals surface area (Å²) in [6.45, 7) is 7.65. The number of hydrogen-bond acceptors (Lipinski definition) is 6. The van der Waals surface area contributed by atoms with Crippen molar-refractivity contribution in [2.24, 2.45) is 0 Å². The number of amides is 1. The van der Waals surface area contributed by atoms with Crippen LogP contribution in [0.5, 0.6) is 0 Å². The van der Waals surface area contributed by atoms with E-state index in [1.165, 1.54) is 0 Å². The topological polar surface area (TPSA) is 61.8 Å². The van der Waals surface area contributed by atoms with Gasteiger partial charge in [-0.2, -0.15) is 5.10 Å². The van der Waals surface area contributed by atoms with Crippen LogP contribution in [0.4, 0.5) is 5.82 Å². The number of piperidine rings is 1. The van der Waals surface area contributed by atoms with Gasteiger partial charge in [0.1, 0.15) is 6.61 Å². The second-order valence-electron chi connectivity index (χ2n) is 7.44. The second kappa shape index (κ2) is 7.25. The lowest BCUT2D eigenvalue weighted by molar-refractivity contribution is -0.181. The molecule has 2 saturated heterocycles. The number of nitrogens with zero attached hydrogens (tertiary/aromatic N) is 5. The van der Waals surface area contributed by atoms with E-state index in [0.717, 1.165) is 50.5 Å². The lowest BCUT2D eigenvalue weighted by Gasteiger charge is -2.51. The van der Waals surface area contributed by atoms with E-state index >= 15 is 0 Å². The first-order valence-electron chi connectivity index (χ1n) is 9.05. The molecular formula is C18H29N5O2. The van der Waals surface area contributed by atoms with Gasteiger partial charge < -0.3 is 19.4 Å². The van der Waals surface area contributed by atoms with Gasteiger partial charge in [0.15, 0.2) is 5.82 Å². The lowest BCUT2D eigenvalue weighted by atomic mass is 9.82. The Balaban J connectivity index is 1.66. The predicted molar refractivity (Wildman–Crippen MR) is 96.6 cm³/mol. The second-order valence-corrected chi connectivity index (χ2v) is 7.44. The number of rotatable bonds is 4. The molecule has 0 unspecified atom stereocenters. The van der Waals surface area contributed by atoms with Gasteiger partial charge in [0, 0.05) is 26.2 Å². The van der Waals surface area contributed by atoms with E-state index in [9.17, 15) is 4.79 Å². The Morgan fingerprint density at radius 2 is 2.00 bits per heavy atom.